The SMILES string of the molecule is Cc1nc2ccccc2n1CC(=O)N1CCN(c2ncccn2)CC1. The van der Waals surface area contributed by atoms with Gasteiger partial charge >= 0.3 is 0 Å². The monoisotopic (exact) mass is 336 g/mol. The number of anilines is 1. The summed E-state index contributed by atoms with van der Waals surface area (Å²) < 4.78 is 1.99. The van der Waals surface area contributed by atoms with Crippen LogP contribution in [-0.4, -0.2) is 56.5 Å². The van der Waals surface area contributed by atoms with Gasteiger partial charge in [0, 0.05) is 38.6 Å². The van der Waals surface area contributed by atoms with Crippen molar-refractivity contribution in [1.29, 1.82) is 0 Å². The smallest absolute Gasteiger partial charge is 0.242 e. The summed E-state index contributed by atoms with van der Waals surface area (Å²) in [6.45, 7) is 5.14. The number of piperazine rings is 1. The van der Waals surface area contributed by atoms with Crippen LogP contribution in [0, 0.1) is 6.92 Å². The van der Waals surface area contributed by atoms with E-state index in [1.54, 1.807) is 18.5 Å². The van der Waals surface area contributed by atoms with E-state index in [9.17, 15) is 4.79 Å². The topological polar surface area (TPSA) is 67.2 Å². The van der Waals surface area contributed by atoms with E-state index in [2.05, 4.69) is 19.9 Å². The number of hydrogen-bond donors (Lipinski definition) is 0. The number of aryl methyl sites for hydroxylation is 1. The van der Waals surface area contributed by atoms with Crippen LogP contribution in [0.5, 0.6) is 0 Å². The van der Waals surface area contributed by atoms with E-state index in [-0.39, 0.29) is 5.91 Å². The molecule has 25 heavy (non-hydrogen) atoms. The van der Waals surface area contributed by atoms with Crippen molar-refractivity contribution in [2.24, 2.45) is 0 Å². The summed E-state index contributed by atoms with van der Waals surface area (Å²) in [7, 11) is 0. The Morgan fingerprint density at radius 1 is 1.04 bits per heavy atom. The van der Waals surface area contributed by atoms with Gasteiger partial charge in [-0.1, -0.05) is 12.1 Å². The number of para-hydroxylation sites is 2. The van der Waals surface area contributed by atoms with Gasteiger partial charge in [0.05, 0.1) is 11.0 Å². The van der Waals surface area contributed by atoms with E-state index in [0.29, 0.717) is 19.6 Å². The highest BCUT2D eigenvalue weighted by Gasteiger charge is 2.23. The maximum absolute atomic E-state index is 12.7. The molecule has 0 radical (unpaired) electrons. The van der Waals surface area contributed by atoms with Gasteiger partial charge in [-0.25, -0.2) is 15.0 Å². The number of benzene rings is 1. The third-order valence-corrected chi connectivity index (χ3v) is 4.61. The van der Waals surface area contributed by atoms with Gasteiger partial charge in [-0.2, -0.15) is 0 Å². The molecule has 7 nitrogen and oxygen atoms in total. The van der Waals surface area contributed by atoms with Crippen LogP contribution in [0.1, 0.15) is 5.82 Å². The second kappa shape index (κ2) is 6.51. The Kier molecular flexibility index (Phi) is 4.05. The Hall–Kier alpha value is -2.96. The maximum Gasteiger partial charge on any atom is 0.242 e. The minimum Gasteiger partial charge on any atom is -0.338 e. The molecule has 1 aromatic carbocycles. The van der Waals surface area contributed by atoms with Crippen LogP contribution in [0.4, 0.5) is 5.95 Å². The van der Waals surface area contributed by atoms with Crippen molar-refractivity contribution in [3.05, 3.63) is 48.5 Å². The summed E-state index contributed by atoms with van der Waals surface area (Å²) in [5, 5.41) is 0. The van der Waals surface area contributed by atoms with Gasteiger partial charge in [-0.15, -0.1) is 0 Å². The summed E-state index contributed by atoms with van der Waals surface area (Å²) in [4.78, 5) is 29.8. The Labute approximate surface area is 145 Å². The number of hydrogen-bond acceptors (Lipinski definition) is 5. The standard InChI is InChI=1S/C18H20N6O/c1-14-21-15-5-2-3-6-16(15)24(14)13-17(25)22-9-11-23(12-10-22)18-19-7-4-8-20-18/h2-8H,9-13H2,1H3. The molecule has 0 spiro atoms. The van der Waals surface area contributed by atoms with Crippen LogP contribution >= 0.6 is 0 Å². The molecule has 3 heterocycles. The number of carbonyl (C=O) groups excluding carboxylic acids is 1. The molecule has 0 N–H and O–H groups in total. The van der Waals surface area contributed by atoms with Crippen molar-refractivity contribution >= 4 is 22.9 Å². The summed E-state index contributed by atoms with van der Waals surface area (Å²) in [6, 6.07) is 9.73. The lowest BCUT2D eigenvalue weighted by Crippen LogP contribution is -2.50. The minimum absolute atomic E-state index is 0.125. The predicted octanol–water partition coefficient (Wildman–Crippen LogP) is 1.48. The van der Waals surface area contributed by atoms with Crippen LogP contribution in [0.3, 0.4) is 0 Å². The molecular formula is C18H20N6O. The zero-order valence-electron chi connectivity index (χ0n) is 14.2. The van der Waals surface area contributed by atoms with Gasteiger partial charge in [0.2, 0.25) is 11.9 Å². The highest BCUT2D eigenvalue weighted by Crippen LogP contribution is 2.16. The average Bonchev–Trinajstić information content (AvgIpc) is 2.98. The first-order valence-electron chi connectivity index (χ1n) is 8.44. The number of aromatic nitrogens is 4. The van der Waals surface area contributed by atoms with E-state index in [1.807, 2.05) is 40.7 Å². The van der Waals surface area contributed by atoms with Gasteiger partial charge in [-0.05, 0) is 25.1 Å². The van der Waals surface area contributed by atoms with Gasteiger partial charge in [-0.3, -0.25) is 4.79 Å². The second-order valence-electron chi connectivity index (χ2n) is 6.15. The molecule has 0 saturated carbocycles. The van der Waals surface area contributed by atoms with Crippen LogP contribution in [0.25, 0.3) is 11.0 Å². The van der Waals surface area contributed by atoms with Gasteiger partial charge < -0.3 is 14.4 Å². The first-order chi connectivity index (χ1) is 12.2. The lowest BCUT2D eigenvalue weighted by Gasteiger charge is -2.34. The molecule has 1 saturated heterocycles. The van der Waals surface area contributed by atoms with Crippen LogP contribution < -0.4 is 4.90 Å². The van der Waals surface area contributed by atoms with Crippen molar-refractivity contribution in [2.75, 3.05) is 31.1 Å². The fourth-order valence-corrected chi connectivity index (χ4v) is 3.24. The number of rotatable bonds is 3. The number of amides is 1. The lowest BCUT2D eigenvalue weighted by atomic mass is 10.3. The zero-order valence-corrected chi connectivity index (χ0v) is 14.2. The molecule has 7 heteroatoms. The lowest BCUT2D eigenvalue weighted by molar-refractivity contribution is -0.132. The molecule has 1 aliphatic heterocycles. The van der Waals surface area contributed by atoms with Crippen molar-refractivity contribution in [1.82, 2.24) is 24.4 Å². The summed E-state index contributed by atoms with van der Waals surface area (Å²) >= 11 is 0. The first kappa shape index (κ1) is 15.6. The highest BCUT2D eigenvalue weighted by atomic mass is 16.2. The van der Waals surface area contributed by atoms with E-state index in [4.69, 9.17) is 0 Å². The fraction of sp³-hybridized carbons (Fsp3) is 0.333. The Morgan fingerprint density at radius 3 is 2.52 bits per heavy atom. The molecule has 1 amide bonds. The van der Waals surface area contributed by atoms with E-state index >= 15 is 0 Å². The summed E-state index contributed by atoms with van der Waals surface area (Å²) in [5.41, 5.74) is 1.93. The second-order valence-corrected chi connectivity index (χ2v) is 6.15. The molecule has 1 fully saturated rings. The molecule has 0 aliphatic carbocycles. The van der Waals surface area contributed by atoms with Crippen molar-refractivity contribution in [3.8, 4) is 0 Å². The van der Waals surface area contributed by atoms with Crippen molar-refractivity contribution in [3.63, 3.8) is 0 Å². The van der Waals surface area contributed by atoms with Crippen LogP contribution in [0.2, 0.25) is 0 Å². The molecule has 0 atom stereocenters. The zero-order chi connectivity index (χ0) is 17.2. The van der Waals surface area contributed by atoms with Crippen molar-refractivity contribution in [2.45, 2.75) is 13.5 Å². The molecule has 1 aliphatic rings. The quantitative estimate of drug-likeness (QED) is 0.725. The Bertz CT molecular complexity index is 883. The number of nitrogens with zero attached hydrogens (tertiary/aromatic N) is 6. The number of fused-ring (bicyclic) bond motifs is 1. The third-order valence-electron chi connectivity index (χ3n) is 4.61. The highest BCUT2D eigenvalue weighted by molar-refractivity contribution is 5.81. The molecular weight excluding hydrogens is 316 g/mol. The maximum atomic E-state index is 12.7. The minimum atomic E-state index is 0.125. The van der Waals surface area contributed by atoms with Crippen LogP contribution in [-0.2, 0) is 11.3 Å². The van der Waals surface area contributed by atoms with Gasteiger partial charge in [0.15, 0.2) is 0 Å². The van der Waals surface area contributed by atoms with E-state index in [1.165, 1.54) is 0 Å². The summed E-state index contributed by atoms with van der Waals surface area (Å²) in [5.74, 6) is 1.72. The van der Waals surface area contributed by atoms with Crippen molar-refractivity contribution < 1.29 is 4.79 Å². The fourth-order valence-electron chi connectivity index (χ4n) is 3.24. The normalized spacial score (nSPS) is 14.9. The number of imidazole rings is 1. The molecule has 2 aromatic heterocycles. The Morgan fingerprint density at radius 2 is 1.76 bits per heavy atom. The first-order valence-corrected chi connectivity index (χ1v) is 8.44. The average molecular weight is 336 g/mol. The molecule has 0 unspecified atom stereocenters. The number of carbonyl (C=O) groups is 1. The largest absolute Gasteiger partial charge is 0.338 e. The van der Waals surface area contributed by atoms with E-state index in [0.717, 1.165) is 35.9 Å². The predicted molar refractivity (Wildman–Crippen MR) is 95.3 cm³/mol. The van der Waals surface area contributed by atoms with E-state index < -0.39 is 0 Å². The van der Waals surface area contributed by atoms with Gasteiger partial charge in [0.25, 0.3) is 0 Å². The molecule has 128 valence electrons. The Balaban J connectivity index is 1.43. The summed E-state index contributed by atoms with van der Waals surface area (Å²) in [6.07, 6.45) is 3.49. The molecule has 0 bridgehead atoms. The third kappa shape index (κ3) is 3.05. The van der Waals surface area contributed by atoms with Crippen LogP contribution in [0.15, 0.2) is 42.7 Å². The molecule has 4 rings (SSSR count). The molecule has 3 aromatic rings. The van der Waals surface area contributed by atoms with Gasteiger partial charge in [0.1, 0.15) is 12.4 Å².